The molecule has 2 aromatic carbocycles. The fourth-order valence-electron chi connectivity index (χ4n) is 1.61. The molecule has 0 fully saturated rings. The van der Waals surface area contributed by atoms with Crippen molar-refractivity contribution >= 4 is 11.8 Å². The third kappa shape index (κ3) is 2.67. The van der Waals surface area contributed by atoms with Gasteiger partial charge in [0, 0.05) is 11.3 Å². The zero-order valence-corrected chi connectivity index (χ0v) is 9.45. The summed E-state index contributed by atoms with van der Waals surface area (Å²) in [5.41, 5.74) is 0.507. The zero-order chi connectivity index (χ0) is 14.0. The van der Waals surface area contributed by atoms with Gasteiger partial charge in [0.05, 0.1) is 0 Å². The molecule has 19 heavy (non-hydrogen) atoms. The minimum Gasteiger partial charge on any atom is -0.465 e. The SMILES string of the molecule is O=C(O)Nc1ccc(-c2ccc(F)c(F)c2F)cc1. The Morgan fingerprint density at radius 1 is 0.947 bits per heavy atom. The maximum absolute atomic E-state index is 13.5. The van der Waals surface area contributed by atoms with E-state index < -0.39 is 23.5 Å². The molecule has 2 aromatic rings. The standard InChI is InChI=1S/C13H8F3NO2/c14-10-6-5-9(11(15)12(10)16)7-1-3-8(4-2-7)17-13(18)19/h1-6,17H,(H,18,19). The van der Waals surface area contributed by atoms with Crippen LogP contribution < -0.4 is 5.32 Å². The summed E-state index contributed by atoms with van der Waals surface area (Å²) in [6, 6.07) is 7.54. The topological polar surface area (TPSA) is 49.3 Å². The first-order chi connectivity index (χ1) is 8.99. The van der Waals surface area contributed by atoms with Crippen molar-refractivity contribution in [1.82, 2.24) is 0 Å². The normalized spacial score (nSPS) is 10.3. The van der Waals surface area contributed by atoms with Crippen LogP contribution in [0, 0.1) is 17.5 Å². The van der Waals surface area contributed by atoms with E-state index in [1.54, 1.807) is 0 Å². The molecule has 0 heterocycles. The molecule has 0 bridgehead atoms. The largest absolute Gasteiger partial charge is 0.465 e. The van der Waals surface area contributed by atoms with Crippen molar-refractivity contribution in [1.29, 1.82) is 0 Å². The number of hydrogen-bond donors (Lipinski definition) is 2. The van der Waals surface area contributed by atoms with E-state index in [1.165, 1.54) is 24.3 Å². The van der Waals surface area contributed by atoms with Crippen LogP contribution in [0.2, 0.25) is 0 Å². The number of benzene rings is 2. The Hall–Kier alpha value is -2.50. The molecule has 0 aromatic heterocycles. The quantitative estimate of drug-likeness (QED) is 0.812. The third-order valence-corrected chi connectivity index (χ3v) is 2.48. The lowest BCUT2D eigenvalue weighted by molar-refractivity contribution is 0.210. The molecule has 0 saturated heterocycles. The number of rotatable bonds is 2. The highest BCUT2D eigenvalue weighted by Gasteiger charge is 2.14. The number of hydrogen-bond acceptors (Lipinski definition) is 1. The Kier molecular flexibility index (Phi) is 3.41. The highest BCUT2D eigenvalue weighted by Crippen LogP contribution is 2.26. The highest BCUT2D eigenvalue weighted by atomic mass is 19.2. The van der Waals surface area contributed by atoms with Crippen LogP contribution in [-0.2, 0) is 0 Å². The van der Waals surface area contributed by atoms with Crippen molar-refractivity contribution in [2.45, 2.75) is 0 Å². The number of nitrogens with one attached hydrogen (secondary N) is 1. The molecular formula is C13H8F3NO2. The first kappa shape index (κ1) is 12.9. The fourth-order valence-corrected chi connectivity index (χ4v) is 1.61. The van der Waals surface area contributed by atoms with E-state index in [0.29, 0.717) is 11.3 Å². The number of amides is 1. The molecule has 6 heteroatoms. The molecule has 1 amide bonds. The van der Waals surface area contributed by atoms with Crippen LogP contribution in [0.25, 0.3) is 11.1 Å². The van der Waals surface area contributed by atoms with E-state index in [1.807, 2.05) is 0 Å². The predicted octanol–water partition coefficient (Wildman–Crippen LogP) is 3.86. The Morgan fingerprint density at radius 3 is 2.16 bits per heavy atom. The molecule has 3 nitrogen and oxygen atoms in total. The minimum atomic E-state index is -1.54. The lowest BCUT2D eigenvalue weighted by Crippen LogP contribution is -2.06. The van der Waals surface area contributed by atoms with E-state index in [9.17, 15) is 18.0 Å². The van der Waals surface area contributed by atoms with Gasteiger partial charge in [-0.1, -0.05) is 12.1 Å². The number of anilines is 1. The summed E-state index contributed by atoms with van der Waals surface area (Å²) in [4.78, 5) is 10.4. The van der Waals surface area contributed by atoms with Crippen molar-refractivity contribution < 1.29 is 23.1 Å². The van der Waals surface area contributed by atoms with Crippen LogP contribution in [0.1, 0.15) is 0 Å². The van der Waals surface area contributed by atoms with Gasteiger partial charge in [-0.05, 0) is 29.8 Å². The molecule has 0 unspecified atom stereocenters. The smallest absolute Gasteiger partial charge is 0.409 e. The molecule has 0 atom stereocenters. The van der Waals surface area contributed by atoms with E-state index >= 15 is 0 Å². The molecule has 0 saturated carbocycles. The van der Waals surface area contributed by atoms with Gasteiger partial charge in [-0.15, -0.1) is 0 Å². The van der Waals surface area contributed by atoms with Crippen LogP contribution in [-0.4, -0.2) is 11.2 Å². The minimum absolute atomic E-state index is 0.0965. The van der Waals surface area contributed by atoms with E-state index in [4.69, 9.17) is 5.11 Å². The number of carbonyl (C=O) groups is 1. The van der Waals surface area contributed by atoms with Crippen LogP contribution in [0.15, 0.2) is 36.4 Å². The molecular weight excluding hydrogens is 259 g/mol. The Balaban J connectivity index is 2.37. The van der Waals surface area contributed by atoms with Crippen molar-refractivity contribution in [3.63, 3.8) is 0 Å². The van der Waals surface area contributed by atoms with Gasteiger partial charge < -0.3 is 5.11 Å². The Bertz CT molecular complexity index is 627. The molecule has 0 aliphatic rings. The Morgan fingerprint density at radius 2 is 1.58 bits per heavy atom. The fraction of sp³-hybridized carbons (Fsp3) is 0. The van der Waals surface area contributed by atoms with Gasteiger partial charge in [0.1, 0.15) is 0 Å². The lowest BCUT2D eigenvalue weighted by atomic mass is 10.0. The summed E-state index contributed by atoms with van der Waals surface area (Å²) in [6.45, 7) is 0. The molecule has 0 radical (unpaired) electrons. The first-order valence-corrected chi connectivity index (χ1v) is 5.23. The molecule has 98 valence electrons. The van der Waals surface area contributed by atoms with Gasteiger partial charge in [-0.3, -0.25) is 5.32 Å². The molecule has 0 aliphatic carbocycles. The summed E-state index contributed by atoms with van der Waals surface area (Å²) >= 11 is 0. The maximum Gasteiger partial charge on any atom is 0.409 e. The van der Waals surface area contributed by atoms with Crippen LogP contribution in [0.3, 0.4) is 0 Å². The van der Waals surface area contributed by atoms with E-state index in [0.717, 1.165) is 12.1 Å². The van der Waals surface area contributed by atoms with Gasteiger partial charge in [-0.2, -0.15) is 0 Å². The number of carboxylic acid groups (broad SMARTS) is 1. The second kappa shape index (κ2) is 5.01. The summed E-state index contributed by atoms with van der Waals surface area (Å²) in [5.74, 6) is -4.07. The monoisotopic (exact) mass is 267 g/mol. The zero-order valence-electron chi connectivity index (χ0n) is 9.45. The molecule has 0 aliphatic heterocycles. The van der Waals surface area contributed by atoms with Crippen molar-refractivity contribution in [2.75, 3.05) is 5.32 Å². The summed E-state index contributed by atoms with van der Waals surface area (Å²) in [5, 5.41) is 10.6. The van der Waals surface area contributed by atoms with Crippen molar-refractivity contribution in [3.05, 3.63) is 53.8 Å². The van der Waals surface area contributed by atoms with E-state index in [2.05, 4.69) is 5.32 Å². The van der Waals surface area contributed by atoms with Crippen molar-refractivity contribution in [2.24, 2.45) is 0 Å². The van der Waals surface area contributed by atoms with Gasteiger partial charge in [0.15, 0.2) is 17.5 Å². The lowest BCUT2D eigenvalue weighted by Gasteiger charge is -2.06. The van der Waals surface area contributed by atoms with Crippen LogP contribution >= 0.6 is 0 Å². The molecule has 0 spiro atoms. The van der Waals surface area contributed by atoms with Gasteiger partial charge in [0.2, 0.25) is 0 Å². The van der Waals surface area contributed by atoms with E-state index in [-0.39, 0.29) is 5.56 Å². The average Bonchev–Trinajstić information content (AvgIpc) is 2.37. The summed E-state index contributed by atoms with van der Waals surface area (Å²) < 4.78 is 39.4. The summed E-state index contributed by atoms with van der Waals surface area (Å²) in [7, 11) is 0. The second-order valence-electron chi connectivity index (χ2n) is 3.73. The number of halogens is 3. The average molecular weight is 267 g/mol. The Labute approximate surface area is 106 Å². The van der Waals surface area contributed by atoms with Crippen LogP contribution in [0.4, 0.5) is 23.7 Å². The molecule has 2 N–H and O–H groups in total. The van der Waals surface area contributed by atoms with Gasteiger partial charge >= 0.3 is 6.09 Å². The maximum atomic E-state index is 13.5. The second-order valence-corrected chi connectivity index (χ2v) is 3.73. The highest BCUT2D eigenvalue weighted by molar-refractivity contribution is 5.83. The molecule has 2 rings (SSSR count). The van der Waals surface area contributed by atoms with Gasteiger partial charge in [0.25, 0.3) is 0 Å². The third-order valence-electron chi connectivity index (χ3n) is 2.48. The van der Waals surface area contributed by atoms with Crippen LogP contribution in [0.5, 0.6) is 0 Å². The van der Waals surface area contributed by atoms with Gasteiger partial charge in [-0.25, -0.2) is 18.0 Å². The predicted molar refractivity (Wildman–Crippen MR) is 63.4 cm³/mol. The first-order valence-electron chi connectivity index (χ1n) is 5.23. The summed E-state index contributed by atoms with van der Waals surface area (Å²) in [6.07, 6.45) is -1.23. The van der Waals surface area contributed by atoms with Crippen molar-refractivity contribution in [3.8, 4) is 11.1 Å².